The van der Waals surface area contributed by atoms with E-state index in [1.54, 1.807) is 17.0 Å². The molecule has 2 aromatic rings. The van der Waals surface area contributed by atoms with Gasteiger partial charge in [0.25, 0.3) is 0 Å². The Morgan fingerprint density at radius 1 is 0.955 bits per heavy atom. The lowest BCUT2D eigenvalue weighted by Gasteiger charge is -2.37. The molecule has 22 heavy (non-hydrogen) atoms. The summed E-state index contributed by atoms with van der Waals surface area (Å²) in [7, 11) is 0. The van der Waals surface area contributed by atoms with Crippen LogP contribution in [0.15, 0.2) is 60.7 Å². The lowest BCUT2D eigenvalue weighted by Crippen LogP contribution is -2.56. The summed E-state index contributed by atoms with van der Waals surface area (Å²) < 4.78 is 0. The first kappa shape index (κ1) is 14.3. The van der Waals surface area contributed by atoms with Gasteiger partial charge in [-0.05, 0) is 17.7 Å². The van der Waals surface area contributed by atoms with Gasteiger partial charge in [0.05, 0.1) is 11.6 Å². The third-order valence-electron chi connectivity index (χ3n) is 3.83. The van der Waals surface area contributed by atoms with Crippen LogP contribution in [0.1, 0.15) is 12.5 Å². The van der Waals surface area contributed by atoms with Gasteiger partial charge < -0.3 is 4.90 Å². The van der Waals surface area contributed by atoms with Gasteiger partial charge in [-0.15, -0.1) is 0 Å². The van der Waals surface area contributed by atoms with Crippen molar-refractivity contribution in [1.29, 1.82) is 0 Å². The SMILES string of the molecule is CC1CN(Cc2ccccc2)C(=O)N(c2ccccc2)C1=O. The van der Waals surface area contributed by atoms with Gasteiger partial charge >= 0.3 is 6.03 Å². The molecule has 4 heteroatoms. The molecule has 0 spiro atoms. The van der Waals surface area contributed by atoms with Crippen LogP contribution < -0.4 is 4.90 Å². The van der Waals surface area contributed by atoms with Crippen molar-refractivity contribution in [3.05, 3.63) is 66.2 Å². The highest BCUT2D eigenvalue weighted by atomic mass is 16.2. The molecule has 0 bridgehead atoms. The average Bonchev–Trinajstić information content (AvgIpc) is 2.55. The molecule has 1 unspecified atom stereocenters. The van der Waals surface area contributed by atoms with Crippen molar-refractivity contribution >= 4 is 17.6 Å². The molecule has 0 saturated carbocycles. The maximum Gasteiger partial charge on any atom is 0.331 e. The number of rotatable bonds is 3. The van der Waals surface area contributed by atoms with E-state index in [9.17, 15) is 9.59 Å². The van der Waals surface area contributed by atoms with E-state index in [2.05, 4.69) is 0 Å². The predicted octanol–water partition coefficient (Wildman–Crippen LogP) is 3.29. The quantitative estimate of drug-likeness (QED) is 0.871. The third kappa shape index (κ3) is 2.72. The Balaban J connectivity index is 1.87. The molecule has 112 valence electrons. The van der Waals surface area contributed by atoms with Crippen molar-refractivity contribution in [2.45, 2.75) is 13.5 Å². The number of urea groups is 1. The van der Waals surface area contributed by atoms with Crippen molar-refractivity contribution in [3.63, 3.8) is 0 Å². The highest BCUT2D eigenvalue weighted by molar-refractivity contribution is 6.16. The molecule has 3 amide bonds. The number of imide groups is 1. The van der Waals surface area contributed by atoms with Gasteiger partial charge in [-0.2, -0.15) is 0 Å². The largest absolute Gasteiger partial charge is 0.331 e. The van der Waals surface area contributed by atoms with Gasteiger partial charge in [0.2, 0.25) is 5.91 Å². The van der Waals surface area contributed by atoms with E-state index >= 15 is 0 Å². The Bertz CT molecular complexity index is 670. The molecule has 1 aliphatic rings. The zero-order chi connectivity index (χ0) is 15.5. The van der Waals surface area contributed by atoms with Crippen LogP contribution in [0.2, 0.25) is 0 Å². The van der Waals surface area contributed by atoms with Crippen molar-refractivity contribution in [3.8, 4) is 0 Å². The Morgan fingerprint density at radius 2 is 1.55 bits per heavy atom. The summed E-state index contributed by atoms with van der Waals surface area (Å²) in [6, 6.07) is 18.7. The second-order valence-corrected chi connectivity index (χ2v) is 5.56. The molecule has 2 aromatic carbocycles. The summed E-state index contributed by atoms with van der Waals surface area (Å²) >= 11 is 0. The Hall–Kier alpha value is -2.62. The Morgan fingerprint density at radius 3 is 2.18 bits per heavy atom. The number of amides is 3. The first-order valence-electron chi connectivity index (χ1n) is 7.38. The number of carbonyl (C=O) groups excluding carboxylic acids is 2. The van der Waals surface area contributed by atoms with Crippen LogP contribution in [0.5, 0.6) is 0 Å². The molecule has 1 atom stereocenters. The number of para-hydroxylation sites is 1. The zero-order valence-electron chi connectivity index (χ0n) is 12.5. The van der Waals surface area contributed by atoms with Crippen molar-refractivity contribution < 1.29 is 9.59 Å². The van der Waals surface area contributed by atoms with Crippen molar-refractivity contribution in [1.82, 2.24) is 4.90 Å². The van der Waals surface area contributed by atoms with E-state index < -0.39 is 0 Å². The van der Waals surface area contributed by atoms with Crippen LogP contribution >= 0.6 is 0 Å². The molecular formula is C18H18N2O2. The summed E-state index contributed by atoms with van der Waals surface area (Å²) in [4.78, 5) is 28.1. The van der Waals surface area contributed by atoms with Gasteiger partial charge in [-0.25, -0.2) is 9.69 Å². The monoisotopic (exact) mass is 294 g/mol. The van der Waals surface area contributed by atoms with Crippen molar-refractivity contribution in [2.75, 3.05) is 11.4 Å². The zero-order valence-corrected chi connectivity index (χ0v) is 12.5. The number of carbonyl (C=O) groups is 2. The summed E-state index contributed by atoms with van der Waals surface area (Å²) in [5, 5.41) is 0. The summed E-state index contributed by atoms with van der Waals surface area (Å²) in [5.41, 5.74) is 1.69. The van der Waals surface area contributed by atoms with Crippen LogP contribution in [0.25, 0.3) is 0 Å². The molecule has 3 rings (SSSR count). The predicted molar refractivity (Wildman–Crippen MR) is 85.3 cm³/mol. The number of hydrogen-bond acceptors (Lipinski definition) is 2. The topological polar surface area (TPSA) is 40.6 Å². The van der Waals surface area contributed by atoms with Gasteiger partial charge in [0.1, 0.15) is 0 Å². The fraction of sp³-hybridized carbons (Fsp3) is 0.222. The van der Waals surface area contributed by atoms with E-state index in [0.29, 0.717) is 18.8 Å². The molecule has 4 nitrogen and oxygen atoms in total. The number of nitrogens with zero attached hydrogens (tertiary/aromatic N) is 2. The highest BCUT2D eigenvalue weighted by Crippen LogP contribution is 2.24. The third-order valence-corrected chi connectivity index (χ3v) is 3.83. The fourth-order valence-corrected chi connectivity index (χ4v) is 2.69. The minimum absolute atomic E-state index is 0.138. The maximum absolute atomic E-state index is 12.7. The molecule has 1 saturated heterocycles. The first-order chi connectivity index (χ1) is 10.7. The standard InChI is InChI=1S/C18H18N2O2/c1-14-12-19(13-15-8-4-2-5-9-15)18(22)20(17(14)21)16-10-6-3-7-11-16/h2-11,14H,12-13H2,1H3. The van der Waals surface area contributed by atoms with Gasteiger partial charge in [0.15, 0.2) is 0 Å². The van der Waals surface area contributed by atoms with E-state index in [4.69, 9.17) is 0 Å². The van der Waals surface area contributed by atoms with Crippen LogP contribution in [0.4, 0.5) is 10.5 Å². The normalized spacial score (nSPS) is 18.7. The molecule has 0 N–H and O–H groups in total. The summed E-state index contributed by atoms with van der Waals surface area (Å²) in [5.74, 6) is -0.345. The lowest BCUT2D eigenvalue weighted by atomic mass is 10.1. The Labute approximate surface area is 130 Å². The van der Waals surface area contributed by atoms with E-state index in [1.807, 2.05) is 55.5 Å². The van der Waals surface area contributed by atoms with Gasteiger partial charge in [-0.3, -0.25) is 4.79 Å². The Kier molecular flexibility index (Phi) is 3.92. The summed E-state index contributed by atoms with van der Waals surface area (Å²) in [6.07, 6.45) is 0. The van der Waals surface area contributed by atoms with Crippen LogP contribution in [-0.2, 0) is 11.3 Å². The number of anilines is 1. The molecule has 0 radical (unpaired) electrons. The van der Waals surface area contributed by atoms with Gasteiger partial charge in [-0.1, -0.05) is 55.5 Å². The minimum Gasteiger partial charge on any atom is -0.319 e. The first-order valence-corrected chi connectivity index (χ1v) is 7.38. The minimum atomic E-state index is -0.252. The molecule has 0 aromatic heterocycles. The van der Waals surface area contributed by atoms with Crippen molar-refractivity contribution in [2.24, 2.45) is 5.92 Å². The second kappa shape index (κ2) is 6.02. The average molecular weight is 294 g/mol. The van der Waals surface area contributed by atoms with E-state index in [-0.39, 0.29) is 17.9 Å². The summed E-state index contributed by atoms with van der Waals surface area (Å²) in [6.45, 7) is 2.83. The fourth-order valence-electron chi connectivity index (χ4n) is 2.69. The number of benzene rings is 2. The lowest BCUT2D eigenvalue weighted by molar-refractivity contribution is -0.122. The van der Waals surface area contributed by atoms with E-state index in [0.717, 1.165) is 5.56 Å². The second-order valence-electron chi connectivity index (χ2n) is 5.56. The molecule has 0 aliphatic carbocycles. The van der Waals surface area contributed by atoms with Crippen LogP contribution in [-0.4, -0.2) is 23.4 Å². The highest BCUT2D eigenvalue weighted by Gasteiger charge is 2.37. The molecule has 1 heterocycles. The van der Waals surface area contributed by atoms with Crippen LogP contribution in [0.3, 0.4) is 0 Å². The van der Waals surface area contributed by atoms with Gasteiger partial charge in [0, 0.05) is 13.1 Å². The van der Waals surface area contributed by atoms with E-state index in [1.165, 1.54) is 4.90 Å². The maximum atomic E-state index is 12.7. The molecular weight excluding hydrogens is 276 g/mol. The molecule has 1 fully saturated rings. The molecule has 1 aliphatic heterocycles. The number of hydrogen-bond donors (Lipinski definition) is 0. The smallest absolute Gasteiger partial charge is 0.319 e. The van der Waals surface area contributed by atoms with Crippen LogP contribution in [0, 0.1) is 5.92 Å².